The van der Waals surface area contributed by atoms with Gasteiger partial charge in [-0.1, -0.05) is 109 Å². The SMILES string of the molecule is O=C(Nc1cccc(SC(C(=O)Nc2nc(-c3ccc4ccccc4c3)cs2)c2ccccc2)c1)/C(=C/c1c[nH]c2ccccc12)NC(=O)c1ccccc1. The van der Waals surface area contributed by atoms with Gasteiger partial charge in [0.15, 0.2) is 5.13 Å². The number of para-hydroxylation sites is 1. The van der Waals surface area contributed by atoms with Crippen LogP contribution in [0.25, 0.3) is 39.0 Å². The van der Waals surface area contributed by atoms with Gasteiger partial charge in [-0.3, -0.25) is 14.4 Å². The van der Waals surface area contributed by atoms with Crippen LogP contribution in [0.5, 0.6) is 0 Å². The average Bonchev–Trinajstić information content (AvgIpc) is 3.87. The average molecular weight is 756 g/mol. The number of H-pyrrole nitrogens is 1. The maximum absolute atomic E-state index is 14.0. The summed E-state index contributed by atoms with van der Waals surface area (Å²) in [4.78, 5) is 49.8. The highest BCUT2D eigenvalue weighted by Gasteiger charge is 2.24. The molecule has 4 N–H and O–H groups in total. The first-order valence-electron chi connectivity index (χ1n) is 17.5. The number of benzene rings is 6. The van der Waals surface area contributed by atoms with Crippen LogP contribution in [0.4, 0.5) is 10.8 Å². The van der Waals surface area contributed by atoms with E-state index in [1.165, 1.54) is 23.1 Å². The summed E-state index contributed by atoms with van der Waals surface area (Å²) in [6.07, 6.45) is 3.46. The Kier molecular flexibility index (Phi) is 10.3. The molecule has 0 aliphatic heterocycles. The fraction of sp³-hybridized carbons (Fsp3) is 0.0222. The smallest absolute Gasteiger partial charge is 0.272 e. The van der Waals surface area contributed by atoms with Gasteiger partial charge in [-0.25, -0.2) is 4.98 Å². The van der Waals surface area contributed by atoms with E-state index >= 15 is 0 Å². The molecule has 0 saturated carbocycles. The number of thioether (sulfide) groups is 1. The van der Waals surface area contributed by atoms with Crippen molar-refractivity contribution >= 4 is 79.4 Å². The van der Waals surface area contributed by atoms with E-state index in [1.807, 2.05) is 102 Å². The van der Waals surface area contributed by atoms with Gasteiger partial charge in [0.2, 0.25) is 5.91 Å². The van der Waals surface area contributed by atoms with Crippen molar-refractivity contribution in [1.29, 1.82) is 0 Å². The zero-order valence-corrected chi connectivity index (χ0v) is 30.9. The first-order valence-corrected chi connectivity index (χ1v) is 19.3. The van der Waals surface area contributed by atoms with E-state index in [0.717, 1.165) is 49.0 Å². The molecule has 55 heavy (non-hydrogen) atoms. The second kappa shape index (κ2) is 16.1. The molecule has 3 amide bonds. The third kappa shape index (κ3) is 8.26. The number of amides is 3. The highest BCUT2D eigenvalue weighted by Crippen LogP contribution is 2.38. The quantitative estimate of drug-likeness (QED) is 0.0775. The third-order valence-electron chi connectivity index (χ3n) is 8.92. The molecule has 268 valence electrons. The fourth-order valence-electron chi connectivity index (χ4n) is 6.18. The van der Waals surface area contributed by atoms with Crippen LogP contribution in [0.2, 0.25) is 0 Å². The Morgan fingerprint density at radius 3 is 2.31 bits per heavy atom. The Morgan fingerprint density at radius 1 is 0.727 bits per heavy atom. The Labute approximate surface area is 325 Å². The lowest BCUT2D eigenvalue weighted by Crippen LogP contribution is -2.30. The van der Waals surface area contributed by atoms with Gasteiger partial charge >= 0.3 is 0 Å². The van der Waals surface area contributed by atoms with Crippen molar-refractivity contribution in [2.75, 3.05) is 10.6 Å². The summed E-state index contributed by atoms with van der Waals surface area (Å²) >= 11 is 2.74. The molecule has 6 aromatic carbocycles. The lowest BCUT2D eigenvalue weighted by molar-refractivity contribution is -0.116. The van der Waals surface area contributed by atoms with E-state index in [0.29, 0.717) is 16.4 Å². The van der Waals surface area contributed by atoms with Crippen LogP contribution in [-0.4, -0.2) is 27.7 Å². The molecule has 1 unspecified atom stereocenters. The van der Waals surface area contributed by atoms with Crippen molar-refractivity contribution in [3.8, 4) is 11.3 Å². The van der Waals surface area contributed by atoms with Crippen molar-refractivity contribution in [3.05, 3.63) is 186 Å². The molecule has 2 heterocycles. The highest BCUT2D eigenvalue weighted by atomic mass is 32.2. The number of carbonyl (C=O) groups excluding carboxylic acids is 3. The predicted molar refractivity (Wildman–Crippen MR) is 224 cm³/mol. The summed E-state index contributed by atoms with van der Waals surface area (Å²) in [5, 5.41) is 13.8. The third-order valence-corrected chi connectivity index (χ3v) is 10.9. The fourth-order valence-corrected chi connectivity index (χ4v) is 7.98. The van der Waals surface area contributed by atoms with Gasteiger partial charge < -0.3 is 20.9 Å². The van der Waals surface area contributed by atoms with Crippen LogP contribution < -0.4 is 16.0 Å². The number of anilines is 2. The summed E-state index contributed by atoms with van der Waals surface area (Å²) in [5.74, 6) is -1.13. The first-order chi connectivity index (χ1) is 27.0. The van der Waals surface area contributed by atoms with Crippen LogP contribution in [0.15, 0.2) is 174 Å². The minimum Gasteiger partial charge on any atom is -0.361 e. The second-order valence-electron chi connectivity index (χ2n) is 12.6. The summed E-state index contributed by atoms with van der Waals surface area (Å²) in [6, 6.07) is 47.7. The van der Waals surface area contributed by atoms with Crippen LogP contribution in [-0.2, 0) is 9.59 Å². The largest absolute Gasteiger partial charge is 0.361 e. The van der Waals surface area contributed by atoms with Crippen LogP contribution >= 0.6 is 23.1 Å². The molecule has 10 heteroatoms. The molecule has 0 radical (unpaired) electrons. The van der Waals surface area contributed by atoms with Gasteiger partial charge in [0.05, 0.1) is 5.69 Å². The molecule has 0 fully saturated rings. The second-order valence-corrected chi connectivity index (χ2v) is 14.7. The molecule has 8 nitrogen and oxygen atoms in total. The number of rotatable bonds is 11. The number of thiazole rings is 1. The monoisotopic (exact) mass is 755 g/mol. The van der Waals surface area contributed by atoms with E-state index in [-0.39, 0.29) is 11.6 Å². The molecular formula is C45H33N5O3S2. The Balaban J connectivity index is 1.02. The molecule has 0 bridgehead atoms. The molecule has 0 saturated heterocycles. The Morgan fingerprint density at radius 2 is 1.47 bits per heavy atom. The molecule has 8 aromatic rings. The van der Waals surface area contributed by atoms with Crippen molar-refractivity contribution < 1.29 is 14.4 Å². The number of carbonyl (C=O) groups is 3. The van der Waals surface area contributed by atoms with Crippen molar-refractivity contribution in [2.24, 2.45) is 0 Å². The van der Waals surface area contributed by atoms with Gasteiger partial charge in [0.25, 0.3) is 11.8 Å². The molecule has 8 rings (SSSR count). The van der Waals surface area contributed by atoms with E-state index in [2.05, 4.69) is 45.2 Å². The lowest BCUT2D eigenvalue weighted by atomic mass is 10.1. The molecule has 1 atom stereocenters. The van der Waals surface area contributed by atoms with Crippen molar-refractivity contribution in [2.45, 2.75) is 10.1 Å². The number of nitrogens with one attached hydrogen (secondary N) is 4. The van der Waals surface area contributed by atoms with Crippen molar-refractivity contribution in [1.82, 2.24) is 15.3 Å². The van der Waals surface area contributed by atoms with Crippen molar-refractivity contribution in [3.63, 3.8) is 0 Å². The van der Waals surface area contributed by atoms with Crippen LogP contribution in [0, 0.1) is 0 Å². The summed E-state index contributed by atoms with van der Waals surface area (Å²) in [7, 11) is 0. The van der Waals surface area contributed by atoms with E-state index in [9.17, 15) is 14.4 Å². The van der Waals surface area contributed by atoms with E-state index < -0.39 is 17.1 Å². The Hall–Kier alpha value is -6.75. The first kappa shape index (κ1) is 35.3. The summed E-state index contributed by atoms with van der Waals surface area (Å²) in [6.45, 7) is 0. The zero-order chi connectivity index (χ0) is 37.6. The summed E-state index contributed by atoms with van der Waals surface area (Å²) < 4.78 is 0. The van der Waals surface area contributed by atoms with Gasteiger partial charge in [-0.2, -0.15) is 0 Å². The molecular weight excluding hydrogens is 723 g/mol. The number of nitrogens with zero attached hydrogens (tertiary/aromatic N) is 1. The number of aromatic nitrogens is 2. The standard InChI is InChI=1S/C45H33N5O3S2/c51-42(31-15-5-2-6-16-31)48-39(25-34-27-46-38-21-10-9-20-37(34)38)43(52)47-35-18-11-19-36(26-35)55-41(30-13-3-1-4-14-30)44(53)50-45-49-40(28-54-45)33-23-22-29-12-7-8-17-32(29)24-33/h1-28,41,46H,(H,47,52)(H,48,51)(H,49,50,53)/b39-25-. The molecule has 0 aliphatic rings. The predicted octanol–water partition coefficient (Wildman–Crippen LogP) is 10.3. The number of hydrogen-bond donors (Lipinski definition) is 4. The molecule has 0 aliphatic carbocycles. The van der Waals surface area contributed by atoms with E-state index in [4.69, 9.17) is 4.98 Å². The van der Waals surface area contributed by atoms with Gasteiger partial charge in [-0.05, 0) is 64.9 Å². The van der Waals surface area contributed by atoms with Gasteiger partial charge in [0.1, 0.15) is 10.9 Å². The minimum absolute atomic E-state index is 0.0738. The molecule has 2 aromatic heterocycles. The minimum atomic E-state index is -0.623. The number of aromatic amines is 1. The Bertz CT molecular complexity index is 2690. The maximum atomic E-state index is 14.0. The van der Waals surface area contributed by atoms with Crippen LogP contribution in [0.1, 0.15) is 26.7 Å². The molecule has 0 spiro atoms. The topological polar surface area (TPSA) is 116 Å². The van der Waals surface area contributed by atoms with Crippen LogP contribution in [0.3, 0.4) is 0 Å². The normalized spacial score (nSPS) is 12.0. The number of fused-ring (bicyclic) bond motifs is 2. The zero-order valence-electron chi connectivity index (χ0n) is 29.2. The highest BCUT2D eigenvalue weighted by molar-refractivity contribution is 8.00. The van der Waals surface area contributed by atoms with E-state index in [1.54, 1.807) is 42.6 Å². The maximum Gasteiger partial charge on any atom is 0.272 e. The lowest BCUT2D eigenvalue weighted by Gasteiger charge is -2.17. The van der Waals surface area contributed by atoms with Gasteiger partial charge in [0, 0.05) is 49.8 Å². The van der Waals surface area contributed by atoms with Gasteiger partial charge in [-0.15, -0.1) is 23.1 Å². The summed E-state index contributed by atoms with van der Waals surface area (Å²) in [5.41, 5.74) is 5.24. The number of hydrogen-bond acceptors (Lipinski definition) is 6.